The van der Waals surface area contributed by atoms with Crippen molar-refractivity contribution in [2.24, 2.45) is 11.5 Å². The Bertz CT molecular complexity index is 1270. The van der Waals surface area contributed by atoms with E-state index in [1.54, 1.807) is 48.5 Å². The Morgan fingerprint density at radius 1 is 1.00 bits per heavy atom. The van der Waals surface area contributed by atoms with Crippen molar-refractivity contribution in [3.63, 3.8) is 0 Å². The van der Waals surface area contributed by atoms with E-state index in [1.807, 2.05) is 0 Å². The van der Waals surface area contributed by atoms with Gasteiger partial charge in [-0.15, -0.1) is 0 Å². The molecule has 2 aromatic carbocycles. The number of Topliss-reactive ketones (excluding diaryl/α,β-unsaturated/α-hetero) is 1. The lowest BCUT2D eigenvalue weighted by Crippen LogP contribution is -2.35. The standard InChI is InChI=1S/C26H28Cl2N4O4/c1-16(33)22-23(17-5-9-19(27)10-6-17)24(18-7-11-20(28)12-8-18)31-32(25(22)34)14-15-36-26(35)21(30)4-2-3-13-29/h5-12,21H,2-4,13-15,29-30H2,1H3/t21-/m0/s1. The molecule has 0 fully saturated rings. The molecule has 3 rings (SSSR count). The Morgan fingerprint density at radius 2 is 1.58 bits per heavy atom. The summed E-state index contributed by atoms with van der Waals surface area (Å²) in [6.07, 6.45) is 1.94. The molecule has 0 spiro atoms. The molecule has 190 valence electrons. The summed E-state index contributed by atoms with van der Waals surface area (Å²) in [5.41, 5.74) is 12.8. The van der Waals surface area contributed by atoms with Crippen LogP contribution in [0.4, 0.5) is 0 Å². The number of hydrogen-bond acceptors (Lipinski definition) is 7. The van der Waals surface area contributed by atoms with Gasteiger partial charge in [0.1, 0.15) is 12.6 Å². The number of unbranched alkanes of at least 4 members (excludes halogenated alkanes) is 1. The molecule has 0 radical (unpaired) electrons. The number of esters is 1. The number of hydrogen-bond donors (Lipinski definition) is 2. The average Bonchev–Trinajstić information content (AvgIpc) is 2.85. The van der Waals surface area contributed by atoms with E-state index in [2.05, 4.69) is 5.10 Å². The second-order valence-electron chi connectivity index (χ2n) is 8.26. The Hall–Kier alpha value is -3.04. The lowest BCUT2D eigenvalue weighted by molar-refractivity contribution is -0.145. The van der Waals surface area contributed by atoms with Crippen LogP contribution >= 0.6 is 23.2 Å². The van der Waals surface area contributed by atoms with Gasteiger partial charge in [-0.3, -0.25) is 14.4 Å². The van der Waals surface area contributed by atoms with E-state index in [9.17, 15) is 14.4 Å². The molecule has 0 amide bonds. The molecule has 0 aliphatic carbocycles. The van der Waals surface area contributed by atoms with Crippen LogP contribution in [0.3, 0.4) is 0 Å². The molecule has 1 atom stereocenters. The summed E-state index contributed by atoms with van der Waals surface area (Å²) in [6.45, 7) is 1.67. The zero-order valence-corrected chi connectivity index (χ0v) is 21.4. The number of nitrogens with two attached hydrogens (primary N) is 2. The fourth-order valence-electron chi connectivity index (χ4n) is 3.72. The van der Waals surface area contributed by atoms with E-state index in [4.69, 9.17) is 39.4 Å². The third-order valence-corrected chi connectivity index (χ3v) is 6.08. The fourth-order valence-corrected chi connectivity index (χ4v) is 3.97. The minimum atomic E-state index is -0.772. The molecule has 0 bridgehead atoms. The van der Waals surface area contributed by atoms with Gasteiger partial charge >= 0.3 is 5.97 Å². The summed E-state index contributed by atoms with van der Waals surface area (Å²) in [5.74, 6) is -0.988. The highest BCUT2D eigenvalue weighted by Crippen LogP contribution is 2.33. The van der Waals surface area contributed by atoms with Gasteiger partial charge in [-0.05, 0) is 56.1 Å². The number of ketones is 1. The van der Waals surface area contributed by atoms with Crippen LogP contribution in [0.1, 0.15) is 36.5 Å². The molecule has 0 aliphatic heterocycles. The minimum absolute atomic E-state index is 0.0258. The quantitative estimate of drug-likeness (QED) is 0.217. The monoisotopic (exact) mass is 530 g/mol. The van der Waals surface area contributed by atoms with Gasteiger partial charge in [0.15, 0.2) is 5.78 Å². The van der Waals surface area contributed by atoms with Gasteiger partial charge in [0.25, 0.3) is 5.56 Å². The normalized spacial score (nSPS) is 11.8. The topological polar surface area (TPSA) is 130 Å². The van der Waals surface area contributed by atoms with Gasteiger partial charge in [0, 0.05) is 21.2 Å². The van der Waals surface area contributed by atoms with Crippen molar-refractivity contribution in [3.8, 4) is 22.4 Å². The second kappa shape index (κ2) is 12.8. The summed E-state index contributed by atoms with van der Waals surface area (Å²) in [4.78, 5) is 38.3. The third-order valence-electron chi connectivity index (χ3n) is 5.58. The summed E-state index contributed by atoms with van der Waals surface area (Å²) in [5, 5.41) is 5.60. The molecule has 10 heteroatoms. The first-order valence-electron chi connectivity index (χ1n) is 11.5. The Kier molecular flexibility index (Phi) is 9.78. The predicted octanol–water partition coefficient (Wildman–Crippen LogP) is 4.09. The predicted molar refractivity (Wildman–Crippen MR) is 141 cm³/mol. The summed E-state index contributed by atoms with van der Waals surface area (Å²) in [7, 11) is 0. The molecule has 0 saturated heterocycles. The van der Waals surface area contributed by atoms with E-state index in [0.717, 1.165) is 11.1 Å². The highest BCUT2D eigenvalue weighted by atomic mass is 35.5. The van der Waals surface area contributed by atoms with E-state index in [-0.39, 0.29) is 18.7 Å². The molecule has 36 heavy (non-hydrogen) atoms. The fraction of sp³-hybridized carbons (Fsp3) is 0.308. The van der Waals surface area contributed by atoms with Crippen LogP contribution < -0.4 is 17.0 Å². The van der Waals surface area contributed by atoms with Crippen molar-refractivity contribution in [1.82, 2.24) is 9.78 Å². The van der Waals surface area contributed by atoms with E-state index >= 15 is 0 Å². The number of nitrogens with zero attached hydrogens (tertiary/aromatic N) is 2. The zero-order chi connectivity index (χ0) is 26.2. The molecule has 4 N–H and O–H groups in total. The van der Waals surface area contributed by atoms with Gasteiger partial charge in [-0.1, -0.05) is 53.9 Å². The number of rotatable bonds is 11. The minimum Gasteiger partial charge on any atom is -0.463 e. The number of carbonyl (C=O) groups is 2. The van der Waals surface area contributed by atoms with E-state index < -0.39 is 23.4 Å². The number of benzene rings is 2. The molecule has 1 aromatic heterocycles. The average molecular weight is 531 g/mol. The lowest BCUT2D eigenvalue weighted by Gasteiger charge is -2.17. The first-order chi connectivity index (χ1) is 17.2. The number of aromatic nitrogens is 2. The van der Waals surface area contributed by atoms with Crippen LogP contribution in [0.15, 0.2) is 53.3 Å². The SMILES string of the molecule is CC(=O)c1c(-c2ccc(Cl)cc2)c(-c2ccc(Cl)cc2)nn(CCOC(=O)[C@@H](N)CCCCN)c1=O. The first kappa shape index (κ1) is 27.5. The Labute approximate surface area is 219 Å². The smallest absolute Gasteiger partial charge is 0.322 e. The van der Waals surface area contributed by atoms with E-state index in [1.165, 1.54) is 6.92 Å². The van der Waals surface area contributed by atoms with Gasteiger partial charge in [-0.25, -0.2) is 4.68 Å². The van der Waals surface area contributed by atoms with Crippen LogP contribution in [-0.4, -0.2) is 40.7 Å². The molecule has 0 saturated carbocycles. The maximum absolute atomic E-state index is 13.3. The summed E-state index contributed by atoms with van der Waals surface area (Å²) in [6, 6.07) is 12.9. The van der Waals surface area contributed by atoms with Gasteiger partial charge in [-0.2, -0.15) is 5.10 Å². The van der Waals surface area contributed by atoms with Crippen LogP contribution in [-0.2, 0) is 16.1 Å². The third kappa shape index (κ3) is 6.79. The van der Waals surface area contributed by atoms with Crippen molar-refractivity contribution in [1.29, 1.82) is 0 Å². The van der Waals surface area contributed by atoms with Crippen molar-refractivity contribution >= 4 is 35.0 Å². The first-order valence-corrected chi connectivity index (χ1v) is 12.3. The largest absolute Gasteiger partial charge is 0.463 e. The zero-order valence-electron chi connectivity index (χ0n) is 19.9. The van der Waals surface area contributed by atoms with Crippen molar-refractivity contribution < 1.29 is 14.3 Å². The molecular weight excluding hydrogens is 503 g/mol. The highest BCUT2D eigenvalue weighted by molar-refractivity contribution is 6.31. The van der Waals surface area contributed by atoms with Gasteiger partial charge in [0.2, 0.25) is 0 Å². The highest BCUT2D eigenvalue weighted by Gasteiger charge is 2.23. The maximum atomic E-state index is 13.3. The van der Waals surface area contributed by atoms with Crippen molar-refractivity contribution in [2.45, 2.75) is 38.8 Å². The van der Waals surface area contributed by atoms with E-state index in [0.29, 0.717) is 51.8 Å². The van der Waals surface area contributed by atoms with Gasteiger partial charge in [0.05, 0.1) is 17.8 Å². The molecule has 8 nitrogen and oxygen atoms in total. The van der Waals surface area contributed by atoms with Crippen LogP contribution in [0.25, 0.3) is 22.4 Å². The van der Waals surface area contributed by atoms with Crippen molar-refractivity contribution in [3.05, 3.63) is 74.5 Å². The molecule has 0 aliphatic rings. The lowest BCUT2D eigenvalue weighted by atomic mass is 9.94. The number of carbonyl (C=O) groups excluding carboxylic acids is 2. The molecule has 3 aromatic rings. The number of halogens is 2. The number of ether oxygens (including phenoxy) is 1. The van der Waals surface area contributed by atoms with Crippen LogP contribution in [0, 0.1) is 0 Å². The Morgan fingerprint density at radius 3 is 2.14 bits per heavy atom. The van der Waals surface area contributed by atoms with Crippen molar-refractivity contribution in [2.75, 3.05) is 13.2 Å². The van der Waals surface area contributed by atoms with Gasteiger partial charge < -0.3 is 16.2 Å². The van der Waals surface area contributed by atoms with Crippen LogP contribution in [0.2, 0.25) is 10.0 Å². The Balaban J connectivity index is 2.00. The second-order valence-corrected chi connectivity index (χ2v) is 9.13. The molecule has 1 heterocycles. The molecular formula is C26H28Cl2N4O4. The summed E-state index contributed by atoms with van der Waals surface area (Å²) < 4.78 is 6.40. The summed E-state index contributed by atoms with van der Waals surface area (Å²) >= 11 is 12.1. The molecule has 0 unspecified atom stereocenters. The van der Waals surface area contributed by atoms with Crippen LogP contribution in [0.5, 0.6) is 0 Å². The maximum Gasteiger partial charge on any atom is 0.322 e.